The molecule has 0 spiro atoms. The summed E-state index contributed by atoms with van der Waals surface area (Å²) in [7, 11) is 1.75. The molecule has 1 unspecified atom stereocenters. The molecule has 2 heterocycles. The normalized spacial score (nSPS) is 12.5. The van der Waals surface area contributed by atoms with Gasteiger partial charge in [-0.05, 0) is 46.1 Å². The van der Waals surface area contributed by atoms with E-state index in [0.717, 1.165) is 10.5 Å². The zero-order chi connectivity index (χ0) is 22.6. The van der Waals surface area contributed by atoms with Crippen molar-refractivity contribution in [3.8, 4) is 0 Å². The van der Waals surface area contributed by atoms with E-state index < -0.39 is 5.60 Å². The largest absolute Gasteiger partial charge is 0.444 e. The molecule has 7 nitrogen and oxygen atoms in total. The summed E-state index contributed by atoms with van der Waals surface area (Å²) in [4.78, 5) is 32.3. The van der Waals surface area contributed by atoms with Gasteiger partial charge in [-0.2, -0.15) is 0 Å². The van der Waals surface area contributed by atoms with Gasteiger partial charge in [0.25, 0.3) is 5.91 Å². The molecule has 1 aromatic carbocycles. The fourth-order valence-corrected chi connectivity index (χ4v) is 4.17. The average molecular weight is 443 g/mol. The Hall–Kier alpha value is -2.87. The van der Waals surface area contributed by atoms with Gasteiger partial charge in [-0.25, -0.2) is 9.78 Å². The molecule has 2 amide bonds. The molecule has 2 aromatic heterocycles. The number of likely N-dealkylation sites (N-methyl/N-ethyl adjacent to an activating group) is 1. The highest BCUT2D eigenvalue weighted by molar-refractivity contribution is 7.15. The van der Waals surface area contributed by atoms with Gasteiger partial charge < -0.3 is 15.0 Å². The number of benzene rings is 1. The van der Waals surface area contributed by atoms with Gasteiger partial charge in [0.1, 0.15) is 11.3 Å². The molecule has 0 bridgehead atoms. The summed E-state index contributed by atoms with van der Waals surface area (Å²) in [5.41, 5.74) is 1.82. The molecular formula is C23H30N4O3S. The third-order valence-electron chi connectivity index (χ3n) is 4.96. The highest BCUT2D eigenvalue weighted by Crippen LogP contribution is 2.18. The van der Waals surface area contributed by atoms with Crippen molar-refractivity contribution >= 4 is 28.3 Å². The Morgan fingerprint density at radius 3 is 2.65 bits per heavy atom. The van der Waals surface area contributed by atoms with E-state index in [1.165, 1.54) is 11.3 Å². The van der Waals surface area contributed by atoms with Crippen LogP contribution < -0.4 is 5.32 Å². The topological polar surface area (TPSA) is 75.9 Å². The number of aromatic nitrogens is 2. The predicted molar refractivity (Wildman–Crippen MR) is 123 cm³/mol. The molecule has 166 valence electrons. The van der Waals surface area contributed by atoms with Crippen LogP contribution in [-0.4, -0.2) is 51.5 Å². The van der Waals surface area contributed by atoms with E-state index in [2.05, 4.69) is 10.3 Å². The monoisotopic (exact) mass is 442 g/mol. The SMILES string of the molecule is Cc1nc2sccn2c1C(=O)NCCC(Cc1ccccc1)N(C)C(=O)OC(C)(C)C. The lowest BCUT2D eigenvalue weighted by molar-refractivity contribution is 0.0215. The Balaban J connectivity index is 1.67. The molecule has 0 aliphatic heterocycles. The molecule has 0 aliphatic rings. The minimum atomic E-state index is -0.567. The van der Waals surface area contributed by atoms with Gasteiger partial charge in [-0.1, -0.05) is 30.3 Å². The van der Waals surface area contributed by atoms with E-state index in [9.17, 15) is 9.59 Å². The molecule has 1 atom stereocenters. The Morgan fingerprint density at radius 2 is 1.97 bits per heavy atom. The van der Waals surface area contributed by atoms with E-state index >= 15 is 0 Å². The number of ether oxygens (including phenoxy) is 1. The second-order valence-electron chi connectivity index (χ2n) is 8.58. The first-order valence-electron chi connectivity index (χ1n) is 10.4. The van der Waals surface area contributed by atoms with Crippen molar-refractivity contribution in [2.75, 3.05) is 13.6 Å². The Labute approximate surface area is 187 Å². The molecule has 3 aromatic rings. The number of nitrogens with zero attached hydrogens (tertiary/aromatic N) is 3. The van der Waals surface area contributed by atoms with Crippen molar-refractivity contribution < 1.29 is 14.3 Å². The maximum atomic E-state index is 12.8. The first-order chi connectivity index (χ1) is 14.7. The van der Waals surface area contributed by atoms with Crippen molar-refractivity contribution in [1.29, 1.82) is 0 Å². The van der Waals surface area contributed by atoms with E-state index in [0.29, 0.717) is 30.8 Å². The molecule has 0 aliphatic carbocycles. The molecule has 1 N–H and O–H groups in total. The Kier molecular flexibility index (Phi) is 7.00. The van der Waals surface area contributed by atoms with Gasteiger partial charge in [-0.15, -0.1) is 11.3 Å². The van der Waals surface area contributed by atoms with Crippen LogP contribution in [0.5, 0.6) is 0 Å². The van der Waals surface area contributed by atoms with Crippen LogP contribution in [0.15, 0.2) is 41.9 Å². The zero-order valence-corrected chi connectivity index (χ0v) is 19.5. The summed E-state index contributed by atoms with van der Waals surface area (Å²) in [6.07, 6.45) is 2.75. The minimum Gasteiger partial charge on any atom is -0.444 e. The van der Waals surface area contributed by atoms with Crippen LogP contribution in [0.2, 0.25) is 0 Å². The number of amides is 2. The van der Waals surface area contributed by atoms with E-state index in [1.807, 2.05) is 74.0 Å². The van der Waals surface area contributed by atoms with Gasteiger partial charge in [0.2, 0.25) is 0 Å². The quantitative estimate of drug-likeness (QED) is 0.592. The van der Waals surface area contributed by atoms with E-state index in [4.69, 9.17) is 4.74 Å². The van der Waals surface area contributed by atoms with Gasteiger partial charge in [0.05, 0.1) is 5.69 Å². The number of rotatable bonds is 7. The molecule has 0 saturated carbocycles. The van der Waals surface area contributed by atoms with E-state index in [-0.39, 0.29) is 18.0 Å². The number of carbonyl (C=O) groups excluding carboxylic acids is 2. The molecule has 0 radical (unpaired) electrons. The summed E-state index contributed by atoms with van der Waals surface area (Å²) in [5.74, 6) is -0.165. The fourth-order valence-electron chi connectivity index (χ4n) is 3.41. The molecule has 0 saturated heterocycles. The fraction of sp³-hybridized carbons (Fsp3) is 0.435. The Morgan fingerprint density at radius 1 is 1.26 bits per heavy atom. The zero-order valence-electron chi connectivity index (χ0n) is 18.7. The highest BCUT2D eigenvalue weighted by atomic mass is 32.1. The second-order valence-corrected chi connectivity index (χ2v) is 9.45. The van der Waals surface area contributed by atoms with Crippen LogP contribution in [-0.2, 0) is 11.2 Å². The van der Waals surface area contributed by atoms with Crippen molar-refractivity contribution in [3.05, 3.63) is 58.9 Å². The summed E-state index contributed by atoms with van der Waals surface area (Å²) in [5, 5.41) is 4.90. The first kappa shape index (κ1) is 22.8. The number of thiazole rings is 1. The minimum absolute atomic E-state index is 0.120. The number of imidazole rings is 1. The predicted octanol–water partition coefficient (Wildman–Crippen LogP) is 4.30. The maximum absolute atomic E-state index is 12.8. The number of aryl methyl sites for hydroxylation is 1. The molecule has 31 heavy (non-hydrogen) atoms. The number of carbonyl (C=O) groups is 2. The summed E-state index contributed by atoms with van der Waals surface area (Å²) in [6.45, 7) is 7.82. The summed E-state index contributed by atoms with van der Waals surface area (Å²) >= 11 is 1.50. The van der Waals surface area contributed by atoms with Crippen LogP contribution >= 0.6 is 11.3 Å². The lowest BCUT2D eigenvalue weighted by Crippen LogP contribution is -2.43. The molecule has 8 heteroatoms. The van der Waals surface area contributed by atoms with Crippen molar-refractivity contribution in [2.45, 2.75) is 52.2 Å². The van der Waals surface area contributed by atoms with Gasteiger partial charge in [-0.3, -0.25) is 9.20 Å². The number of fused-ring (bicyclic) bond motifs is 1. The maximum Gasteiger partial charge on any atom is 0.410 e. The van der Waals surface area contributed by atoms with Crippen molar-refractivity contribution in [2.24, 2.45) is 0 Å². The van der Waals surface area contributed by atoms with Crippen LogP contribution in [0.1, 0.15) is 48.9 Å². The first-order valence-corrected chi connectivity index (χ1v) is 11.2. The average Bonchev–Trinajstić information content (AvgIpc) is 3.25. The summed E-state index contributed by atoms with van der Waals surface area (Å²) < 4.78 is 7.36. The van der Waals surface area contributed by atoms with Crippen molar-refractivity contribution in [3.63, 3.8) is 0 Å². The Bertz CT molecular complexity index is 1040. The van der Waals surface area contributed by atoms with Crippen LogP contribution in [0, 0.1) is 6.92 Å². The second kappa shape index (κ2) is 9.51. The van der Waals surface area contributed by atoms with Crippen molar-refractivity contribution in [1.82, 2.24) is 19.6 Å². The van der Waals surface area contributed by atoms with E-state index in [1.54, 1.807) is 11.9 Å². The van der Waals surface area contributed by atoms with Gasteiger partial charge in [0, 0.05) is 31.2 Å². The number of hydrogen-bond acceptors (Lipinski definition) is 5. The third kappa shape index (κ3) is 5.85. The lowest BCUT2D eigenvalue weighted by Gasteiger charge is -2.31. The number of nitrogens with one attached hydrogen (secondary N) is 1. The molecule has 0 fully saturated rings. The standard InChI is InChI=1S/C23H30N4O3S/c1-16-19(27-13-14-31-21(27)25-16)20(28)24-12-11-18(15-17-9-7-6-8-10-17)26(5)22(29)30-23(2,3)4/h6-10,13-14,18H,11-12,15H2,1-5H3,(H,24,28). The van der Waals surface area contributed by atoms with Crippen LogP contribution in [0.3, 0.4) is 0 Å². The highest BCUT2D eigenvalue weighted by Gasteiger charge is 2.26. The van der Waals surface area contributed by atoms with Gasteiger partial charge >= 0.3 is 6.09 Å². The number of hydrogen-bond donors (Lipinski definition) is 1. The van der Waals surface area contributed by atoms with Crippen LogP contribution in [0.4, 0.5) is 4.79 Å². The smallest absolute Gasteiger partial charge is 0.410 e. The lowest BCUT2D eigenvalue weighted by atomic mass is 10.0. The van der Waals surface area contributed by atoms with Crippen LogP contribution in [0.25, 0.3) is 4.96 Å². The molecular weight excluding hydrogens is 412 g/mol. The summed E-state index contributed by atoms with van der Waals surface area (Å²) in [6, 6.07) is 9.89. The van der Waals surface area contributed by atoms with Gasteiger partial charge in [0.15, 0.2) is 4.96 Å². The molecule has 3 rings (SSSR count). The third-order valence-corrected chi connectivity index (χ3v) is 5.71.